The smallest absolute Gasteiger partial charge is 0.264 e. The van der Waals surface area contributed by atoms with E-state index in [1.807, 2.05) is 62.4 Å². The molecular weight excluding hydrogens is 298 g/mol. The summed E-state index contributed by atoms with van der Waals surface area (Å²) < 4.78 is 12.2. The van der Waals surface area contributed by atoms with Crippen LogP contribution >= 0.6 is 28.3 Å². The van der Waals surface area contributed by atoms with Crippen LogP contribution in [0.2, 0.25) is 0 Å². The maximum absolute atomic E-state index is 12.2. The minimum absolute atomic E-state index is 0.475. The van der Waals surface area contributed by atoms with Gasteiger partial charge in [0, 0.05) is 0 Å². The summed E-state index contributed by atoms with van der Waals surface area (Å²) in [7, 11) is 0. The first-order chi connectivity index (χ1) is 8.88. The normalized spacial score (nSPS) is 11.8. The number of halogens is 2. The van der Waals surface area contributed by atoms with Crippen molar-refractivity contribution in [2.24, 2.45) is 0 Å². The van der Waals surface area contributed by atoms with Crippen molar-refractivity contribution in [1.82, 2.24) is 0 Å². The van der Waals surface area contributed by atoms with Crippen LogP contribution in [0.25, 0.3) is 0 Å². The Morgan fingerprint density at radius 2 is 1.11 bits per heavy atom. The molecule has 0 heterocycles. The Bertz CT molecular complexity index is 554. The Morgan fingerprint density at radius 3 is 1.37 bits per heavy atom. The summed E-state index contributed by atoms with van der Waals surface area (Å²) in [5.41, 5.74) is 3.57. The third-order valence-corrected chi connectivity index (χ3v) is 5.46. The van der Waals surface area contributed by atoms with Gasteiger partial charge >= 0.3 is 0 Å². The van der Waals surface area contributed by atoms with E-state index >= 15 is 0 Å². The zero-order valence-corrected chi connectivity index (χ0v) is 13.2. The molecule has 0 saturated heterocycles. The lowest BCUT2D eigenvalue weighted by atomic mass is 10.0. The summed E-state index contributed by atoms with van der Waals surface area (Å²) in [6.07, 6.45) is 0. The van der Waals surface area contributed by atoms with Gasteiger partial charge in [0.15, 0.2) is 0 Å². The third kappa shape index (κ3) is 3.63. The van der Waals surface area contributed by atoms with E-state index in [9.17, 15) is 4.57 Å². The van der Waals surface area contributed by atoms with Crippen molar-refractivity contribution in [1.29, 1.82) is 0 Å². The maximum Gasteiger partial charge on any atom is 0.264 e. The highest BCUT2D eigenvalue weighted by atomic mass is 35.9. The maximum atomic E-state index is 12.2. The molecule has 2 aromatic carbocycles. The zero-order valence-electron chi connectivity index (χ0n) is 10.8. The summed E-state index contributed by atoms with van der Waals surface area (Å²) in [5.74, 6) is -3.31. The molecule has 0 radical (unpaired) electrons. The van der Waals surface area contributed by atoms with Crippen LogP contribution < -0.4 is 0 Å². The van der Waals surface area contributed by atoms with Crippen LogP contribution in [0.5, 0.6) is 0 Å². The zero-order chi connectivity index (χ0) is 14.0. The molecule has 4 heteroatoms. The number of hydrogen-bond acceptors (Lipinski definition) is 1. The van der Waals surface area contributed by atoms with Gasteiger partial charge in [-0.15, -0.1) is 0 Å². The minimum Gasteiger partial charge on any atom is -0.288 e. The Morgan fingerprint density at radius 1 is 0.789 bits per heavy atom. The average molecular weight is 313 g/mol. The highest BCUT2D eigenvalue weighted by Gasteiger charge is 2.31. The second-order valence-electron chi connectivity index (χ2n) is 4.73. The van der Waals surface area contributed by atoms with Crippen LogP contribution in [0, 0.1) is 13.8 Å². The van der Waals surface area contributed by atoms with Crippen molar-refractivity contribution in [3.63, 3.8) is 0 Å². The first-order valence-electron chi connectivity index (χ1n) is 6.00. The van der Waals surface area contributed by atoms with Gasteiger partial charge in [0.2, 0.25) is 0 Å². The number of rotatable bonds is 3. The highest BCUT2D eigenvalue weighted by molar-refractivity contribution is 8.08. The van der Waals surface area contributed by atoms with Crippen molar-refractivity contribution >= 4 is 28.3 Å². The molecule has 2 aromatic rings. The Hall–Kier alpha value is -0.750. The number of aryl methyl sites for hydroxylation is 2. The Kier molecular flexibility index (Phi) is 4.40. The van der Waals surface area contributed by atoms with Crippen LogP contribution in [0.4, 0.5) is 0 Å². The minimum atomic E-state index is -3.31. The fourth-order valence-corrected chi connectivity index (χ4v) is 4.43. The second-order valence-corrected chi connectivity index (χ2v) is 9.78. The SMILES string of the molecule is Cc1ccc(C(c2ccc(C)cc2)P(=O)(Cl)Cl)cc1. The van der Waals surface area contributed by atoms with Gasteiger partial charge in [-0.3, -0.25) is 4.57 Å². The predicted molar refractivity (Wildman–Crippen MR) is 83.5 cm³/mol. The van der Waals surface area contributed by atoms with E-state index in [-0.39, 0.29) is 0 Å². The van der Waals surface area contributed by atoms with E-state index in [2.05, 4.69) is 0 Å². The van der Waals surface area contributed by atoms with Crippen molar-refractivity contribution in [2.45, 2.75) is 19.5 Å². The first-order valence-corrected chi connectivity index (χ1v) is 9.58. The lowest BCUT2D eigenvalue weighted by Crippen LogP contribution is -1.98. The van der Waals surface area contributed by atoms with Gasteiger partial charge in [-0.25, -0.2) is 0 Å². The van der Waals surface area contributed by atoms with E-state index in [1.54, 1.807) is 0 Å². The summed E-state index contributed by atoms with van der Waals surface area (Å²) in [5, 5.41) is 0. The molecule has 1 nitrogen and oxygen atoms in total. The van der Waals surface area contributed by atoms with E-state index in [4.69, 9.17) is 22.5 Å². The Labute approximate surface area is 123 Å². The molecule has 0 atom stereocenters. The van der Waals surface area contributed by atoms with Crippen LogP contribution in [0.15, 0.2) is 48.5 Å². The van der Waals surface area contributed by atoms with Crippen molar-refractivity contribution in [2.75, 3.05) is 0 Å². The first kappa shape index (κ1) is 14.7. The van der Waals surface area contributed by atoms with Gasteiger partial charge in [0.1, 0.15) is 0 Å². The molecule has 19 heavy (non-hydrogen) atoms. The molecule has 0 aliphatic rings. The number of hydrogen-bond donors (Lipinski definition) is 0. The standard InChI is InChI=1S/C15H15Cl2OP/c1-11-3-7-13(8-4-11)15(19(16,17)18)14-9-5-12(2)6-10-14/h3-10,15H,1-2H3. The lowest BCUT2D eigenvalue weighted by molar-refractivity contribution is 0.588. The molecule has 100 valence electrons. The van der Waals surface area contributed by atoms with E-state index in [0.717, 1.165) is 22.3 Å². The van der Waals surface area contributed by atoms with Gasteiger partial charge < -0.3 is 0 Å². The van der Waals surface area contributed by atoms with Crippen LogP contribution in [0.1, 0.15) is 27.9 Å². The van der Waals surface area contributed by atoms with Crippen molar-refractivity contribution in [3.8, 4) is 0 Å². The molecule has 0 saturated carbocycles. The summed E-state index contributed by atoms with van der Waals surface area (Å²) in [6, 6.07) is 15.6. The summed E-state index contributed by atoms with van der Waals surface area (Å²) in [4.78, 5) is 0. The van der Waals surface area contributed by atoms with Crippen LogP contribution in [0.3, 0.4) is 0 Å². The number of benzene rings is 2. The van der Waals surface area contributed by atoms with Gasteiger partial charge in [0.05, 0.1) is 5.66 Å². The average Bonchev–Trinajstić information content (AvgIpc) is 2.33. The van der Waals surface area contributed by atoms with Gasteiger partial charge in [-0.1, -0.05) is 59.7 Å². The molecule has 0 amide bonds. The van der Waals surface area contributed by atoms with E-state index < -0.39 is 11.5 Å². The largest absolute Gasteiger partial charge is 0.288 e. The quantitative estimate of drug-likeness (QED) is 0.629. The van der Waals surface area contributed by atoms with Crippen molar-refractivity contribution < 1.29 is 4.57 Å². The molecule has 0 bridgehead atoms. The summed E-state index contributed by atoms with van der Waals surface area (Å²) in [6.45, 7) is 4.01. The molecule has 0 aliphatic carbocycles. The topological polar surface area (TPSA) is 17.1 Å². The molecule has 0 N–H and O–H groups in total. The lowest BCUT2D eigenvalue weighted by Gasteiger charge is -2.19. The van der Waals surface area contributed by atoms with Gasteiger partial charge in [-0.05, 0) is 47.5 Å². The molecular formula is C15H15Cl2OP. The van der Waals surface area contributed by atoms with E-state index in [0.29, 0.717) is 0 Å². The second kappa shape index (κ2) is 5.71. The van der Waals surface area contributed by atoms with Gasteiger partial charge in [-0.2, -0.15) is 0 Å². The molecule has 0 unspecified atom stereocenters. The molecule has 0 fully saturated rings. The Balaban J connectivity index is 2.51. The van der Waals surface area contributed by atoms with Crippen LogP contribution in [-0.2, 0) is 4.57 Å². The predicted octanol–water partition coefficient (Wildman–Crippen LogP) is 6.06. The van der Waals surface area contributed by atoms with E-state index in [1.165, 1.54) is 0 Å². The summed E-state index contributed by atoms with van der Waals surface area (Å²) >= 11 is 11.9. The fraction of sp³-hybridized carbons (Fsp3) is 0.200. The third-order valence-electron chi connectivity index (χ3n) is 3.09. The monoisotopic (exact) mass is 312 g/mol. The molecule has 0 spiro atoms. The van der Waals surface area contributed by atoms with Gasteiger partial charge in [0.25, 0.3) is 5.85 Å². The van der Waals surface area contributed by atoms with Crippen molar-refractivity contribution in [3.05, 3.63) is 70.8 Å². The molecule has 0 aromatic heterocycles. The van der Waals surface area contributed by atoms with Crippen LogP contribution in [-0.4, -0.2) is 0 Å². The highest BCUT2D eigenvalue weighted by Crippen LogP contribution is 2.69. The molecule has 2 rings (SSSR count). The molecule has 0 aliphatic heterocycles. The fourth-order valence-electron chi connectivity index (χ4n) is 2.04.